The molecule has 2 aromatic heterocycles. The summed E-state index contributed by atoms with van der Waals surface area (Å²) in [5, 5.41) is 2.77. The van der Waals surface area contributed by atoms with Crippen LogP contribution in [-0.4, -0.2) is 20.9 Å². The van der Waals surface area contributed by atoms with E-state index in [1.54, 1.807) is 30.9 Å². The Labute approximate surface area is 112 Å². The predicted octanol–water partition coefficient (Wildman–Crippen LogP) is 2.52. The molecule has 0 saturated carbocycles. The molecule has 1 N–H and O–H groups in total. The molecule has 5 nitrogen and oxygen atoms in total. The third-order valence-electron chi connectivity index (χ3n) is 2.55. The smallest absolute Gasteiger partial charge is 0.230 e. The third-order valence-corrected chi connectivity index (χ3v) is 2.55. The molecule has 0 aromatic carbocycles. The quantitative estimate of drug-likeness (QED) is 0.896. The monoisotopic (exact) mass is 256 g/mol. The van der Waals surface area contributed by atoms with E-state index in [9.17, 15) is 4.79 Å². The van der Waals surface area contributed by atoms with Crippen LogP contribution in [0.1, 0.15) is 20.8 Å². The molecule has 2 heterocycles. The number of aromatic nitrogens is 3. The van der Waals surface area contributed by atoms with Gasteiger partial charge in [-0.25, -0.2) is 4.98 Å². The molecular weight excluding hydrogens is 240 g/mol. The van der Waals surface area contributed by atoms with Gasteiger partial charge in [-0.05, 0) is 12.1 Å². The average molecular weight is 256 g/mol. The zero-order chi connectivity index (χ0) is 13.9. The van der Waals surface area contributed by atoms with Crippen LogP contribution in [0.15, 0.2) is 36.9 Å². The van der Waals surface area contributed by atoms with Gasteiger partial charge in [0.05, 0.1) is 11.9 Å². The maximum absolute atomic E-state index is 11.8. The fourth-order valence-corrected chi connectivity index (χ4v) is 1.37. The Morgan fingerprint density at radius 3 is 2.42 bits per heavy atom. The van der Waals surface area contributed by atoms with Crippen molar-refractivity contribution in [1.82, 2.24) is 15.0 Å². The molecule has 0 bridgehead atoms. The van der Waals surface area contributed by atoms with Gasteiger partial charge in [0.1, 0.15) is 5.82 Å². The summed E-state index contributed by atoms with van der Waals surface area (Å²) < 4.78 is 0. The highest BCUT2D eigenvalue weighted by Crippen LogP contribution is 2.18. The van der Waals surface area contributed by atoms with Crippen LogP contribution in [0.5, 0.6) is 0 Å². The Morgan fingerprint density at radius 2 is 1.89 bits per heavy atom. The lowest BCUT2D eigenvalue weighted by Crippen LogP contribution is -2.27. The Kier molecular flexibility index (Phi) is 3.55. The predicted molar refractivity (Wildman–Crippen MR) is 73.3 cm³/mol. The van der Waals surface area contributed by atoms with Gasteiger partial charge in [-0.3, -0.25) is 14.8 Å². The maximum atomic E-state index is 11.8. The first kappa shape index (κ1) is 13.1. The number of hydrogen-bond donors (Lipinski definition) is 1. The SMILES string of the molecule is CC(C)(C)C(=O)Nc1ccc(-c2cnccn2)cn1. The summed E-state index contributed by atoms with van der Waals surface area (Å²) in [6, 6.07) is 3.61. The molecule has 98 valence electrons. The zero-order valence-corrected chi connectivity index (χ0v) is 11.2. The third kappa shape index (κ3) is 3.34. The fourth-order valence-electron chi connectivity index (χ4n) is 1.37. The second-order valence-corrected chi connectivity index (χ2v) is 5.23. The van der Waals surface area contributed by atoms with Crippen molar-refractivity contribution in [2.75, 3.05) is 5.32 Å². The van der Waals surface area contributed by atoms with Gasteiger partial charge < -0.3 is 5.32 Å². The van der Waals surface area contributed by atoms with Crippen molar-refractivity contribution >= 4 is 11.7 Å². The molecule has 2 aromatic rings. The first-order chi connectivity index (χ1) is 8.97. The minimum absolute atomic E-state index is 0.0627. The van der Waals surface area contributed by atoms with Crippen LogP contribution < -0.4 is 5.32 Å². The second-order valence-electron chi connectivity index (χ2n) is 5.23. The number of amides is 1. The van der Waals surface area contributed by atoms with Gasteiger partial charge in [0.25, 0.3) is 0 Å². The first-order valence-corrected chi connectivity index (χ1v) is 6.01. The van der Waals surface area contributed by atoms with Crippen molar-refractivity contribution in [1.29, 1.82) is 0 Å². The number of anilines is 1. The number of nitrogens with one attached hydrogen (secondary N) is 1. The van der Waals surface area contributed by atoms with Crippen molar-refractivity contribution in [3.8, 4) is 11.3 Å². The standard InChI is InChI=1S/C14H16N4O/c1-14(2,3)13(19)18-12-5-4-10(8-17-12)11-9-15-6-7-16-11/h4-9H,1-3H3,(H,17,18,19). The molecular formula is C14H16N4O. The first-order valence-electron chi connectivity index (χ1n) is 6.01. The van der Waals surface area contributed by atoms with E-state index >= 15 is 0 Å². The molecule has 0 aliphatic rings. The molecule has 0 fully saturated rings. The van der Waals surface area contributed by atoms with Crippen LogP contribution in [0.25, 0.3) is 11.3 Å². The molecule has 19 heavy (non-hydrogen) atoms. The van der Waals surface area contributed by atoms with Crippen LogP contribution in [-0.2, 0) is 4.79 Å². The minimum Gasteiger partial charge on any atom is -0.310 e. The Bertz CT molecular complexity index is 558. The summed E-state index contributed by atoms with van der Waals surface area (Å²) in [6.07, 6.45) is 6.59. The Balaban J connectivity index is 2.14. The molecule has 5 heteroatoms. The number of nitrogens with zero attached hydrogens (tertiary/aromatic N) is 3. The van der Waals surface area contributed by atoms with Gasteiger partial charge in [0.15, 0.2) is 0 Å². The van der Waals surface area contributed by atoms with Gasteiger partial charge in [-0.2, -0.15) is 0 Å². The average Bonchev–Trinajstić information content (AvgIpc) is 2.39. The van der Waals surface area contributed by atoms with Crippen molar-refractivity contribution in [3.05, 3.63) is 36.9 Å². The highest BCUT2D eigenvalue weighted by Gasteiger charge is 2.21. The molecule has 1 amide bonds. The molecule has 0 atom stereocenters. The second kappa shape index (κ2) is 5.14. The van der Waals surface area contributed by atoms with Crippen LogP contribution in [0.3, 0.4) is 0 Å². The van der Waals surface area contributed by atoms with Gasteiger partial charge in [0.2, 0.25) is 5.91 Å². The van der Waals surface area contributed by atoms with Crippen LogP contribution in [0, 0.1) is 5.41 Å². The Morgan fingerprint density at radius 1 is 1.11 bits per heavy atom. The molecule has 0 spiro atoms. The molecule has 0 unspecified atom stereocenters. The highest BCUT2D eigenvalue weighted by molar-refractivity contribution is 5.93. The van der Waals surface area contributed by atoms with E-state index in [2.05, 4.69) is 20.3 Å². The molecule has 0 saturated heterocycles. The van der Waals surface area contributed by atoms with E-state index in [4.69, 9.17) is 0 Å². The number of pyridine rings is 1. The van der Waals surface area contributed by atoms with Crippen molar-refractivity contribution in [2.24, 2.45) is 5.41 Å². The molecule has 0 aliphatic heterocycles. The van der Waals surface area contributed by atoms with E-state index < -0.39 is 5.41 Å². The van der Waals surface area contributed by atoms with E-state index in [1.807, 2.05) is 26.8 Å². The van der Waals surface area contributed by atoms with E-state index in [0.29, 0.717) is 5.82 Å². The Hall–Kier alpha value is -2.30. The van der Waals surface area contributed by atoms with E-state index in [1.165, 1.54) is 0 Å². The summed E-state index contributed by atoms with van der Waals surface area (Å²) in [5.41, 5.74) is 1.18. The molecule has 2 rings (SSSR count). The van der Waals surface area contributed by atoms with Gasteiger partial charge in [-0.1, -0.05) is 20.8 Å². The molecule has 0 aliphatic carbocycles. The summed E-state index contributed by atoms with van der Waals surface area (Å²) in [6.45, 7) is 5.57. The van der Waals surface area contributed by atoms with Crippen molar-refractivity contribution in [3.63, 3.8) is 0 Å². The van der Waals surface area contributed by atoms with Crippen LogP contribution in [0.4, 0.5) is 5.82 Å². The normalized spacial score (nSPS) is 11.1. The van der Waals surface area contributed by atoms with Crippen molar-refractivity contribution < 1.29 is 4.79 Å². The van der Waals surface area contributed by atoms with Gasteiger partial charge in [-0.15, -0.1) is 0 Å². The van der Waals surface area contributed by atoms with Gasteiger partial charge in [0, 0.05) is 29.6 Å². The van der Waals surface area contributed by atoms with Crippen LogP contribution in [0.2, 0.25) is 0 Å². The van der Waals surface area contributed by atoms with E-state index in [0.717, 1.165) is 11.3 Å². The zero-order valence-electron chi connectivity index (χ0n) is 11.2. The summed E-state index contributed by atoms with van der Waals surface area (Å²) in [4.78, 5) is 24.2. The topological polar surface area (TPSA) is 67.8 Å². The van der Waals surface area contributed by atoms with Crippen LogP contribution >= 0.6 is 0 Å². The number of carbonyl (C=O) groups excluding carboxylic acids is 1. The lowest BCUT2D eigenvalue weighted by Gasteiger charge is -2.17. The minimum atomic E-state index is -0.439. The lowest BCUT2D eigenvalue weighted by atomic mass is 9.96. The maximum Gasteiger partial charge on any atom is 0.230 e. The summed E-state index contributed by atoms with van der Waals surface area (Å²) >= 11 is 0. The lowest BCUT2D eigenvalue weighted by molar-refractivity contribution is -0.123. The molecule has 0 radical (unpaired) electrons. The van der Waals surface area contributed by atoms with Crippen molar-refractivity contribution in [2.45, 2.75) is 20.8 Å². The fraction of sp³-hybridized carbons (Fsp3) is 0.286. The summed E-state index contributed by atoms with van der Waals surface area (Å²) in [5.74, 6) is 0.472. The van der Waals surface area contributed by atoms with Gasteiger partial charge >= 0.3 is 0 Å². The number of rotatable bonds is 2. The highest BCUT2D eigenvalue weighted by atomic mass is 16.2. The number of hydrogen-bond acceptors (Lipinski definition) is 4. The van der Waals surface area contributed by atoms with E-state index in [-0.39, 0.29) is 5.91 Å². The number of carbonyl (C=O) groups is 1. The largest absolute Gasteiger partial charge is 0.310 e. The summed E-state index contributed by atoms with van der Waals surface area (Å²) in [7, 11) is 0.